The van der Waals surface area contributed by atoms with Crippen LogP contribution < -0.4 is 5.73 Å². The van der Waals surface area contributed by atoms with Crippen LogP contribution in [-0.4, -0.2) is 30.2 Å². The van der Waals surface area contributed by atoms with E-state index in [0.717, 1.165) is 0 Å². The summed E-state index contributed by atoms with van der Waals surface area (Å²) in [7, 11) is 0. The predicted octanol–water partition coefficient (Wildman–Crippen LogP) is 0.0522. The van der Waals surface area contributed by atoms with Gasteiger partial charge in [0.05, 0.1) is 5.48 Å². The van der Waals surface area contributed by atoms with E-state index in [2.05, 4.69) is 10.2 Å². The van der Waals surface area contributed by atoms with Crippen LogP contribution in [0.2, 0.25) is 0 Å². The van der Waals surface area contributed by atoms with Gasteiger partial charge in [-0.2, -0.15) is 0 Å². The normalized spacial score (nSPS) is 23.2. The quantitative estimate of drug-likeness (QED) is 0.508. The Morgan fingerprint density at radius 1 is 1.71 bits per heavy atom. The van der Waals surface area contributed by atoms with Crippen molar-refractivity contribution in [1.82, 2.24) is 0 Å². The third-order valence-electron chi connectivity index (χ3n) is 1.24. The highest BCUT2D eigenvalue weighted by molar-refractivity contribution is 5.73. The predicted molar refractivity (Wildman–Crippen MR) is 49.1 cm³/mol. The van der Waals surface area contributed by atoms with Gasteiger partial charge in [0, 0.05) is 2.74 Å². The van der Waals surface area contributed by atoms with Crippen LogP contribution in [-0.2, 0) is 11.2 Å². The molecular formula is C9H11NO4. The molecule has 0 saturated heterocycles. The van der Waals surface area contributed by atoms with Crippen molar-refractivity contribution in [2.45, 2.75) is 12.4 Å². The lowest BCUT2D eigenvalue weighted by atomic mass is 10.1. The number of carboxylic acid groups (broad SMARTS) is 1. The van der Waals surface area contributed by atoms with Gasteiger partial charge in [-0.1, -0.05) is 6.04 Å². The summed E-state index contributed by atoms with van der Waals surface area (Å²) in [5, 5.41) is 16.9. The zero-order chi connectivity index (χ0) is 17.5. The first-order chi connectivity index (χ1) is 9.94. The average molecular weight is 205 g/mol. The minimum absolute atomic E-state index is 0.785. The zero-order valence-corrected chi connectivity index (χ0v) is 6.75. The molecule has 0 aliphatic rings. The van der Waals surface area contributed by atoms with Crippen LogP contribution in [0.15, 0.2) is 18.1 Å². The summed E-state index contributed by atoms with van der Waals surface area (Å²) in [5.41, 5.74) is 4.10. The van der Waals surface area contributed by atoms with Crippen molar-refractivity contribution in [3.8, 4) is 11.5 Å². The van der Waals surface area contributed by atoms with Gasteiger partial charge in [0.2, 0.25) is 0 Å². The first-order valence-corrected chi connectivity index (χ1v) is 3.37. The summed E-state index contributed by atoms with van der Waals surface area (Å²) in [4.78, 5) is 11.0. The van der Waals surface area contributed by atoms with Gasteiger partial charge in [0.1, 0.15) is 6.02 Å². The van der Waals surface area contributed by atoms with E-state index in [0.29, 0.717) is 0 Å². The Bertz CT molecular complexity index is 620. The number of carbonyl (C=O) groups is 1. The second-order valence-corrected chi connectivity index (χ2v) is 2.25. The molecule has 1 unspecified atom stereocenters. The number of benzene rings is 1. The molecule has 5 N–H and O–H groups in total. The second kappa shape index (κ2) is 3.97. The van der Waals surface area contributed by atoms with Gasteiger partial charge >= 0.3 is 5.97 Å². The van der Waals surface area contributed by atoms with Crippen LogP contribution >= 0.6 is 0 Å². The van der Waals surface area contributed by atoms with Crippen molar-refractivity contribution in [2.75, 3.05) is 0 Å². The molecule has 0 saturated carbocycles. The molecule has 76 valence electrons. The summed E-state index contributed by atoms with van der Waals surface area (Å²) in [6.45, 7) is 0. The highest BCUT2D eigenvalue weighted by atomic mass is 16.4. The van der Waals surface area contributed by atoms with Gasteiger partial charge in [-0.25, -0.2) is 0 Å². The molecule has 5 nitrogen and oxygen atoms in total. The molecule has 5 heteroatoms. The summed E-state index contributed by atoms with van der Waals surface area (Å²) in [5.74, 6) is -3.71. The van der Waals surface area contributed by atoms with Gasteiger partial charge < -0.3 is 21.1 Å². The molecule has 0 aliphatic carbocycles. The number of nitrogens with two attached hydrogens (primary N) is 1. The standard InChI is InChI=1S/C9H11NO4/c10-6(9(13)14)3-5-1-2-7(11)8(12)4-5/h1-2,4,6,11-12H,3,10H2,(H,13,14)/i1D,2D,3D2,4D,6D/hD2. The SMILES string of the molecule is [2H]Oc1c([2H])c([2H])c(C([2H])([2H])C([2H])(N)C(=O)O)c([2H])c1O[2H]. The maximum absolute atomic E-state index is 11.0. The molecule has 1 aromatic carbocycles. The Kier molecular flexibility index (Phi) is 1.07. The summed E-state index contributed by atoms with van der Waals surface area (Å²) < 4.78 is 59.4. The van der Waals surface area contributed by atoms with Crippen molar-refractivity contribution in [2.24, 2.45) is 5.73 Å². The molecule has 1 rings (SSSR count). The molecule has 0 spiro atoms. The molecule has 1 atom stereocenters. The molecule has 0 radical (unpaired) electrons. The van der Waals surface area contributed by atoms with E-state index >= 15 is 0 Å². The number of phenols is 2. The van der Waals surface area contributed by atoms with Crippen LogP contribution in [0.1, 0.15) is 13.8 Å². The summed E-state index contributed by atoms with van der Waals surface area (Å²) in [6.07, 6.45) is -3.27. The van der Waals surface area contributed by atoms with E-state index in [1.807, 2.05) is 0 Å². The summed E-state index contributed by atoms with van der Waals surface area (Å²) in [6, 6.07) is -6.19. The highest BCUT2D eigenvalue weighted by Crippen LogP contribution is 2.25. The molecule has 0 aromatic heterocycles. The van der Waals surface area contributed by atoms with Gasteiger partial charge in [0.15, 0.2) is 11.5 Å². The van der Waals surface area contributed by atoms with Crippen LogP contribution in [0, 0.1) is 0 Å². The van der Waals surface area contributed by atoms with Gasteiger partial charge in [0.25, 0.3) is 2.86 Å². The maximum Gasteiger partial charge on any atom is 0.320 e. The fraction of sp³-hybridized carbons (Fsp3) is 0.222. The van der Waals surface area contributed by atoms with Gasteiger partial charge in [-0.05, 0) is 24.0 Å². The van der Waals surface area contributed by atoms with E-state index in [4.69, 9.17) is 21.9 Å². The van der Waals surface area contributed by atoms with E-state index in [1.165, 1.54) is 0 Å². The first-order valence-electron chi connectivity index (χ1n) is 7.19. The third-order valence-corrected chi connectivity index (χ3v) is 1.24. The molecule has 0 fully saturated rings. The Balaban J connectivity index is 3.83. The Morgan fingerprint density at radius 3 is 3.00 bits per heavy atom. The minimum atomic E-state index is -3.27. The third kappa shape index (κ3) is 2.37. The molecule has 1 aromatic rings. The van der Waals surface area contributed by atoms with Crippen LogP contribution in [0.25, 0.3) is 0 Å². The molecule has 0 heterocycles. The van der Waals surface area contributed by atoms with E-state index in [9.17, 15) is 4.79 Å². The topological polar surface area (TPSA) is 104 Å². The Morgan fingerprint density at radius 2 is 2.43 bits per heavy atom. The van der Waals surface area contributed by atoms with Crippen molar-refractivity contribution in [3.63, 3.8) is 0 Å². The molecule has 0 bridgehead atoms. The number of hydrogen-bond acceptors (Lipinski definition) is 4. The smallest absolute Gasteiger partial charge is 0.320 e. The first kappa shape index (κ1) is 3.78. The van der Waals surface area contributed by atoms with Crippen LogP contribution in [0.4, 0.5) is 0 Å². The lowest BCUT2D eigenvalue weighted by Crippen LogP contribution is -2.32. The average Bonchev–Trinajstić information content (AvgIpc) is 2.41. The lowest BCUT2D eigenvalue weighted by Gasteiger charge is -2.06. The Hall–Kier alpha value is -1.75. The number of phenolic OH excluding ortho intramolecular Hbond substituents is 2. The maximum atomic E-state index is 11.0. The lowest BCUT2D eigenvalue weighted by molar-refractivity contribution is -0.138. The van der Waals surface area contributed by atoms with Crippen LogP contribution in [0.3, 0.4) is 0 Å². The van der Waals surface area contributed by atoms with Crippen molar-refractivity contribution in [1.29, 1.82) is 2.86 Å². The Labute approximate surface area is 91.8 Å². The number of aliphatic carboxylic acids is 1. The monoisotopic (exact) mass is 205 g/mol. The van der Waals surface area contributed by atoms with E-state index in [-0.39, 0.29) is 0 Å². The van der Waals surface area contributed by atoms with Gasteiger partial charge in [-0.3, -0.25) is 4.79 Å². The zero-order valence-electron chi connectivity index (χ0n) is 14.7. The largest absolute Gasteiger partial charge is 0.504 e. The fourth-order valence-corrected chi connectivity index (χ4v) is 0.628. The van der Waals surface area contributed by atoms with Crippen molar-refractivity contribution >= 4 is 5.97 Å². The molecule has 0 amide bonds. The van der Waals surface area contributed by atoms with Crippen molar-refractivity contribution < 1.29 is 28.3 Å². The molecule has 14 heavy (non-hydrogen) atoms. The molecule has 0 aliphatic heterocycles. The second-order valence-electron chi connectivity index (χ2n) is 2.25. The number of hydrogen-bond donors (Lipinski definition) is 4. The minimum Gasteiger partial charge on any atom is -0.504 e. The number of carboxylic acids is 1. The summed E-state index contributed by atoms with van der Waals surface area (Å²) >= 11 is 0. The number of rotatable bonds is 5. The number of aromatic hydroxyl groups is 2. The van der Waals surface area contributed by atoms with Gasteiger partial charge in [-0.15, -0.1) is 0 Å². The van der Waals surface area contributed by atoms with Crippen molar-refractivity contribution in [3.05, 3.63) is 23.7 Å². The highest BCUT2D eigenvalue weighted by Gasteiger charge is 2.12. The molecular weight excluding hydrogens is 186 g/mol. The van der Waals surface area contributed by atoms with Crippen LogP contribution in [0.5, 0.6) is 11.5 Å². The van der Waals surface area contributed by atoms with E-state index < -0.39 is 53.5 Å². The fourth-order valence-electron chi connectivity index (χ4n) is 0.628. The van der Waals surface area contributed by atoms with E-state index in [1.54, 1.807) is 0 Å².